The number of hydrogen-bond donors (Lipinski definition) is 3. The van der Waals surface area contributed by atoms with Crippen molar-refractivity contribution in [2.75, 3.05) is 0 Å². The number of alkyl halides is 3. The lowest BCUT2D eigenvalue weighted by atomic mass is 9.87. The number of hydrogen-bond acceptors (Lipinski definition) is 4. The van der Waals surface area contributed by atoms with Gasteiger partial charge in [-0.15, -0.1) is 0 Å². The summed E-state index contributed by atoms with van der Waals surface area (Å²) >= 11 is 0. The van der Waals surface area contributed by atoms with E-state index >= 15 is 0 Å². The third kappa shape index (κ3) is 2.39. The van der Waals surface area contributed by atoms with Crippen molar-refractivity contribution in [2.45, 2.75) is 18.3 Å². The smallest absolute Gasteiger partial charge is 0.370 e. The predicted octanol–water partition coefficient (Wildman–Crippen LogP) is 2.70. The van der Waals surface area contributed by atoms with Crippen molar-refractivity contribution in [3.63, 3.8) is 0 Å². The van der Waals surface area contributed by atoms with Crippen molar-refractivity contribution >= 4 is 11.5 Å². The molecule has 1 aliphatic carbocycles. The van der Waals surface area contributed by atoms with E-state index in [1.807, 2.05) is 24.3 Å². The van der Waals surface area contributed by atoms with Crippen molar-refractivity contribution in [3.8, 4) is 0 Å². The first-order chi connectivity index (χ1) is 11.8. The fourth-order valence-corrected chi connectivity index (χ4v) is 3.45. The third-order valence-corrected chi connectivity index (χ3v) is 4.56. The minimum atomic E-state index is -4.40. The first kappa shape index (κ1) is 15.7. The third-order valence-electron chi connectivity index (χ3n) is 4.56. The minimum Gasteiger partial charge on any atom is -0.370 e. The minimum absolute atomic E-state index is 0.147. The molecule has 0 bridgehead atoms. The highest BCUT2D eigenvalue weighted by Gasteiger charge is 2.42. The quantitative estimate of drug-likeness (QED) is 0.744. The molecule has 0 aromatic heterocycles. The Kier molecular flexibility index (Phi) is 3.20. The topological polar surface area (TPSA) is 76.4 Å². The van der Waals surface area contributed by atoms with Crippen LogP contribution in [0.15, 0.2) is 59.2 Å². The summed E-state index contributed by atoms with van der Waals surface area (Å²) in [5.74, 6) is 0.147. The number of nitrogens with one attached hydrogen (secondary N) is 1. The standard InChI is InChI=1S/C18H15F3N4/c19-18(20,21)12-7-5-11(6-8-12)17(23)15-13-4-2-1-3-10(13)9-14(15)24-16(22)25-17/h1-8H,9,23H2,(H3,22,24,25). The summed E-state index contributed by atoms with van der Waals surface area (Å²) in [7, 11) is 0. The zero-order valence-corrected chi connectivity index (χ0v) is 13.1. The Labute approximate surface area is 142 Å². The Morgan fingerprint density at radius 2 is 1.72 bits per heavy atom. The monoisotopic (exact) mass is 344 g/mol. The highest BCUT2D eigenvalue weighted by atomic mass is 19.4. The fourth-order valence-electron chi connectivity index (χ4n) is 3.45. The molecule has 4 rings (SSSR count). The van der Waals surface area contributed by atoms with E-state index in [9.17, 15) is 13.2 Å². The maximum Gasteiger partial charge on any atom is 0.416 e. The maximum absolute atomic E-state index is 12.8. The van der Waals surface area contributed by atoms with E-state index in [0.29, 0.717) is 12.0 Å². The zero-order valence-electron chi connectivity index (χ0n) is 13.1. The van der Waals surface area contributed by atoms with E-state index in [1.165, 1.54) is 12.1 Å². The Morgan fingerprint density at radius 3 is 2.40 bits per heavy atom. The largest absolute Gasteiger partial charge is 0.416 e. The van der Waals surface area contributed by atoms with Crippen LogP contribution in [0.25, 0.3) is 5.57 Å². The molecule has 0 fully saturated rings. The van der Waals surface area contributed by atoms with Crippen molar-refractivity contribution in [2.24, 2.45) is 16.5 Å². The van der Waals surface area contributed by atoms with Crippen LogP contribution < -0.4 is 16.8 Å². The molecule has 25 heavy (non-hydrogen) atoms. The molecule has 0 amide bonds. The Bertz CT molecular complexity index is 913. The van der Waals surface area contributed by atoms with Crippen molar-refractivity contribution in [3.05, 3.63) is 76.5 Å². The first-order valence-electron chi connectivity index (χ1n) is 7.70. The van der Waals surface area contributed by atoms with Crippen molar-refractivity contribution in [1.82, 2.24) is 5.32 Å². The SMILES string of the molecule is NC1=NC(N)(c2ccc(C(F)(F)F)cc2)C2=C(Cc3ccccc32)N1. The molecule has 5 N–H and O–H groups in total. The van der Waals surface area contributed by atoms with Gasteiger partial charge < -0.3 is 11.1 Å². The molecule has 0 radical (unpaired) electrons. The molecule has 128 valence electrons. The van der Waals surface area contributed by atoms with Gasteiger partial charge in [0.2, 0.25) is 0 Å². The summed E-state index contributed by atoms with van der Waals surface area (Å²) in [6.45, 7) is 0. The van der Waals surface area contributed by atoms with Gasteiger partial charge in [0.25, 0.3) is 0 Å². The van der Waals surface area contributed by atoms with Crippen LogP contribution in [0, 0.1) is 0 Å². The summed E-state index contributed by atoms with van der Waals surface area (Å²) < 4.78 is 38.5. The average Bonchev–Trinajstić information content (AvgIpc) is 2.92. The molecule has 0 spiro atoms. The summed E-state index contributed by atoms with van der Waals surface area (Å²) in [5.41, 5.74) is 14.4. The number of nitrogens with two attached hydrogens (primary N) is 2. The van der Waals surface area contributed by atoms with Crippen LogP contribution in [0.1, 0.15) is 22.3 Å². The van der Waals surface area contributed by atoms with E-state index in [2.05, 4.69) is 10.3 Å². The van der Waals surface area contributed by atoms with Gasteiger partial charge in [0, 0.05) is 17.7 Å². The molecule has 0 saturated heterocycles. The maximum atomic E-state index is 12.8. The van der Waals surface area contributed by atoms with Gasteiger partial charge in [-0.3, -0.25) is 5.73 Å². The number of aliphatic imine (C=N–C) groups is 1. The lowest BCUT2D eigenvalue weighted by Gasteiger charge is -2.33. The number of guanidine groups is 1. The Morgan fingerprint density at radius 1 is 1.04 bits per heavy atom. The molecule has 1 atom stereocenters. The van der Waals surface area contributed by atoms with Gasteiger partial charge in [0.1, 0.15) is 0 Å². The number of nitrogens with zero attached hydrogens (tertiary/aromatic N) is 1. The van der Waals surface area contributed by atoms with Crippen LogP contribution >= 0.6 is 0 Å². The second-order valence-corrected chi connectivity index (χ2v) is 6.15. The van der Waals surface area contributed by atoms with Crippen LogP contribution in [0.3, 0.4) is 0 Å². The summed E-state index contributed by atoms with van der Waals surface area (Å²) in [4.78, 5) is 4.34. The molecule has 1 heterocycles. The van der Waals surface area contributed by atoms with Gasteiger partial charge in [-0.05, 0) is 28.8 Å². The molecule has 7 heteroatoms. The predicted molar refractivity (Wildman–Crippen MR) is 89.1 cm³/mol. The molecular weight excluding hydrogens is 329 g/mol. The van der Waals surface area contributed by atoms with Crippen LogP contribution in [0.2, 0.25) is 0 Å². The van der Waals surface area contributed by atoms with Crippen LogP contribution in [-0.4, -0.2) is 5.96 Å². The average molecular weight is 344 g/mol. The van der Waals surface area contributed by atoms with E-state index in [0.717, 1.165) is 34.5 Å². The zero-order chi connectivity index (χ0) is 17.8. The molecule has 1 aliphatic heterocycles. The van der Waals surface area contributed by atoms with E-state index in [-0.39, 0.29) is 5.96 Å². The molecule has 2 aromatic carbocycles. The van der Waals surface area contributed by atoms with Crippen LogP contribution in [-0.2, 0) is 18.3 Å². The fraction of sp³-hybridized carbons (Fsp3) is 0.167. The summed E-state index contributed by atoms with van der Waals surface area (Å²) in [6.07, 6.45) is -3.78. The van der Waals surface area contributed by atoms with Gasteiger partial charge in [-0.25, -0.2) is 4.99 Å². The van der Waals surface area contributed by atoms with Gasteiger partial charge in [-0.2, -0.15) is 13.2 Å². The van der Waals surface area contributed by atoms with Crippen molar-refractivity contribution < 1.29 is 13.2 Å². The Balaban J connectivity index is 1.85. The number of benzene rings is 2. The molecule has 4 nitrogen and oxygen atoms in total. The molecule has 1 unspecified atom stereocenters. The molecule has 0 saturated carbocycles. The number of allylic oxidation sites excluding steroid dienone is 1. The second-order valence-electron chi connectivity index (χ2n) is 6.15. The second kappa shape index (κ2) is 5.10. The highest BCUT2D eigenvalue weighted by Crippen LogP contribution is 2.45. The number of rotatable bonds is 1. The van der Waals surface area contributed by atoms with Crippen LogP contribution in [0.5, 0.6) is 0 Å². The van der Waals surface area contributed by atoms with Gasteiger partial charge >= 0.3 is 6.18 Å². The van der Waals surface area contributed by atoms with Gasteiger partial charge in [0.15, 0.2) is 11.6 Å². The number of halogens is 3. The van der Waals surface area contributed by atoms with E-state index < -0.39 is 17.4 Å². The van der Waals surface area contributed by atoms with Gasteiger partial charge in [0.05, 0.1) is 5.56 Å². The molecular formula is C18H15F3N4. The van der Waals surface area contributed by atoms with E-state index in [4.69, 9.17) is 11.5 Å². The summed E-state index contributed by atoms with van der Waals surface area (Å²) in [6, 6.07) is 12.5. The van der Waals surface area contributed by atoms with Gasteiger partial charge in [-0.1, -0.05) is 36.4 Å². The summed E-state index contributed by atoms with van der Waals surface area (Å²) in [5, 5.41) is 3.03. The lowest BCUT2D eigenvalue weighted by Crippen LogP contribution is -2.46. The van der Waals surface area contributed by atoms with E-state index in [1.54, 1.807) is 0 Å². The van der Waals surface area contributed by atoms with Crippen molar-refractivity contribution in [1.29, 1.82) is 0 Å². The number of fused-ring (bicyclic) bond motifs is 2. The molecule has 2 aromatic rings. The Hall–Kier alpha value is -2.80. The van der Waals surface area contributed by atoms with Crippen LogP contribution in [0.4, 0.5) is 13.2 Å². The first-order valence-corrected chi connectivity index (χ1v) is 7.70. The lowest BCUT2D eigenvalue weighted by molar-refractivity contribution is -0.137. The highest BCUT2D eigenvalue weighted by molar-refractivity contribution is 5.93. The molecule has 2 aliphatic rings. The normalized spacial score (nSPS) is 22.2.